The highest BCUT2D eigenvalue weighted by molar-refractivity contribution is 6.30. The number of para-hydroxylation sites is 1. The van der Waals surface area contributed by atoms with Gasteiger partial charge >= 0.3 is 0 Å². The summed E-state index contributed by atoms with van der Waals surface area (Å²) in [5, 5.41) is 5.90. The molecule has 4 nitrogen and oxygen atoms in total. The molecule has 0 aliphatic heterocycles. The Bertz CT molecular complexity index is 971. The van der Waals surface area contributed by atoms with E-state index in [1.165, 1.54) is 0 Å². The molecule has 5 heteroatoms. The molecule has 0 unspecified atom stereocenters. The maximum Gasteiger partial charge on any atom is 0.244 e. The number of amides is 1. The van der Waals surface area contributed by atoms with Crippen LogP contribution in [0.2, 0.25) is 5.02 Å². The van der Waals surface area contributed by atoms with E-state index in [4.69, 9.17) is 11.6 Å². The van der Waals surface area contributed by atoms with E-state index < -0.39 is 0 Å². The number of nitrogens with zero attached hydrogens (tertiary/aromatic N) is 2. The smallest absolute Gasteiger partial charge is 0.244 e. The summed E-state index contributed by atoms with van der Waals surface area (Å²) in [4.78, 5) is 12.1. The summed E-state index contributed by atoms with van der Waals surface area (Å²) in [6, 6.07) is 15.3. The van der Waals surface area contributed by atoms with Gasteiger partial charge in [-0.3, -0.25) is 4.79 Å². The van der Waals surface area contributed by atoms with Gasteiger partial charge < -0.3 is 4.57 Å². The average Bonchev–Trinajstić information content (AvgIpc) is 2.90. The zero-order valence-corrected chi connectivity index (χ0v) is 15.3. The Labute approximate surface area is 157 Å². The number of fused-ring (bicyclic) bond motifs is 1. The molecule has 1 heterocycles. The van der Waals surface area contributed by atoms with Crippen LogP contribution in [0.4, 0.5) is 0 Å². The first-order valence-corrected chi connectivity index (χ1v) is 8.73. The summed E-state index contributed by atoms with van der Waals surface area (Å²) in [6.07, 6.45) is 3.83. The summed E-state index contributed by atoms with van der Waals surface area (Å²) >= 11 is 5.85. The Morgan fingerprint density at radius 2 is 1.96 bits per heavy atom. The van der Waals surface area contributed by atoms with Crippen LogP contribution >= 0.6 is 11.6 Å². The molecule has 0 aliphatic carbocycles. The van der Waals surface area contributed by atoms with Gasteiger partial charge in [-0.25, -0.2) is 5.43 Å². The number of carbonyl (C=O) groups excluding carboxylic acids is 1. The van der Waals surface area contributed by atoms with E-state index in [1.807, 2.05) is 37.3 Å². The van der Waals surface area contributed by atoms with Crippen molar-refractivity contribution in [2.45, 2.75) is 19.9 Å². The van der Waals surface area contributed by atoms with E-state index in [0.717, 1.165) is 34.3 Å². The van der Waals surface area contributed by atoms with Crippen molar-refractivity contribution in [2.75, 3.05) is 0 Å². The lowest BCUT2D eigenvalue weighted by molar-refractivity contribution is -0.120. The Morgan fingerprint density at radius 1 is 1.23 bits per heavy atom. The third-order valence-corrected chi connectivity index (χ3v) is 4.50. The van der Waals surface area contributed by atoms with Crippen molar-refractivity contribution in [2.24, 2.45) is 5.10 Å². The molecule has 1 aromatic heterocycles. The van der Waals surface area contributed by atoms with Crippen LogP contribution in [0.5, 0.6) is 0 Å². The van der Waals surface area contributed by atoms with Crippen LogP contribution in [-0.2, 0) is 17.8 Å². The third-order valence-electron chi connectivity index (χ3n) is 4.25. The van der Waals surface area contributed by atoms with Crippen LogP contribution in [0.15, 0.2) is 66.3 Å². The quantitative estimate of drug-likeness (QED) is 0.390. The molecule has 1 amide bonds. The topological polar surface area (TPSA) is 46.4 Å². The lowest BCUT2D eigenvalue weighted by atomic mass is 10.1. The number of hydrogen-bond donors (Lipinski definition) is 1. The molecule has 0 radical (unpaired) electrons. The SMILES string of the molecule is C=CCn1c(C)c(/C=N\NC(=O)Cc2ccc(Cl)cc2)c2ccccc21. The lowest BCUT2D eigenvalue weighted by Crippen LogP contribution is -2.19. The van der Waals surface area contributed by atoms with Crippen LogP contribution in [0.1, 0.15) is 16.8 Å². The highest BCUT2D eigenvalue weighted by Gasteiger charge is 2.11. The Morgan fingerprint density at radius 3 is 2.69 bits per heavy atom. The van der Waals surface area contributed by atoms with Gasteiger partial charge in [-0.2, -0.15) is 5.10 Å². The number of aromatic nitrogens is 1. The fraction of sp³-hybridized carbons (Fsp3) is 0.143. The van der Waals surface area contributed by atoms with Gasteiger partial charge in [0.1, 0.15) is 0 Å². The molecule has 0 spiro atoms. The fourth-order valence-electron chi connectivity index (χ4n) is 2.98. The second kappa shape index (κ2) is 8.02. The molecule has 0 saturated heterocycles. The highest BCUT2D eigenvalue weighted by atomic mass is 35.5. The number of carbonyl (C=O) groups is 1. The Balaban J connectivity index is 1.76. The Hall–Kier alpha value is -2.85. The zero-order chi connectivity index (χ0) is 18.5. The first-order chi connectivity index (χ1) is 12.6. The van der Waals surface area contributed by atoms with Crippen LogP contribution in [0.25, 0.3) is 10.9 Å². The first kappa shape index (κ1) is 18.0. The lowest BCUT2D eigenvalue weighted by Gasteiger charge is -2.04. The third kappa shape index (κ3) is 3.86. The predicted molar refractivity (Wildman–Crippen MR) is 108 cm³/mol. The zero-order valence-electron chi connectivity index (χ0n) is 14.6. The molecule has 2 aromatic carbocycles. The van der Waals surface area contributed by atoms with Gasteiger partial charge in [-0.05, 0) is 30.7 Å². The number of nitrogens with one attached hydrogen (secondary N) is 1. The molecule has 132 valence electrons. The number of hydrogen-bond acceptors (Lipinski definition) is 2. The number of allylic oxidation sites excluding steroid dienone is 1. The maximum atomic E-state index is 12.1. The van der Waals surface area contributed by atoms with Crippen molar-refractivity contribution in [3.63, 3.8) is 0 Å². The van der Waals surface area contributed by atoms with Gasteiger partial charge in [0.2, 0.25) is 5.91 Å². The number of halogens is 1. The van der Waals surface area contributed by atoms with E-state index >= 15 is 0 Å². The minimum absolute atomic E-state index is 0.170. The number of hydrazone groups is 1. The van der Waals surface area contributed by atoms with Gasteiger partial charge in [0.25, 0.3) is 0 Å². The van der Waals surface area contributed by atoms with Gasteiger partial charge in [0.15, 0.2) is 0 Å². The standard InChI is InChI=1S/C21H20ClN3O/c1-3-12-25-15(2)19(18-6-4-5-7-20(18)25)14-23-24-21(26)13-16-8-10-17(22)11-9-16/h3-11,14H,1,12-13H2,2H3,(H,24,26)/b23-14-. The second-order valence-corrected chi connectivity index (χ2v) is 6.45. The van der Waals surface area contributed by atoms with E-state index in [2.05, 4.69) is 33.8 Å². The van der Waals surface area contributed by atoms with Crippen LogP contribution in [-0.4, -0.2) is 16.7 Å². The van der Waals surface area contributed by atoms with Crippen molar-refractivity contribution in [1.82, 2.24) is 9.99 Å². The van der Waals surface area contributed by atoms with E-state index in [1.54, 1.807) is 18.3 Å². The molecule has 1 N–H and O–H groups in total. The minimum atomic E-state index is -0.170. The van der Waals surface area contributed by atoms with E-state index in [-0.39, 0.29) is 12.3 Å². The molecule has 3 rings (SSSR count). The molecule has 0 aliphatic rings. The minimum Gasteiger partial charge on any atom is -0.340 e. The van der Waals surface area contributed by atoms with Crippen molar-refractivity contribution in [1.29, 1.82) is 0 Å². The van der Waals surface area contributed by atoms with Crippen molar-refractivity contribution in [3.05, 3.63) is 83.0 Å². The Kier molecular flexibility index (Phi) is 5.54. The van der Waals surface area contributed by atoms with Gasteiger partial charge in [-0.1, -0.05) is 48.0 Å². The van der Waals surface area contributed by atoms with E-state index in [9.17, 15) is 4.79 Å². The molecule has 0 atom stereocenters. The van der Waals surface area contributed by atoms with Crippen LogP contribution < -0.4 is 5.43 Å². The van der Waals surface area contributed by atoms with Crippen molar-refractivity contribution in [3.8, 4) is 0 Å². The normalized spacial score (nSPS) is 11.2. The van der Waals surface area contributed by atoms with Crippen molar-refractivity contribution >= 4 is 34.6 Å². The first-order valence-electron chi connectivity index (χ1n) is 8.35. The summed E-state index contributed by atoms with van der Waals surface area (Å²) in [6.45, 7) is 6.59. The number of rotatable bonds is 6. The predicted octanol–water partition coefficient (Wildman–Crippen LogP) is 4.48. The van der Waals surface area contributed by atoms with Crippen LogP contribution in [0, 0.1) is 6.92 Å². The summed E-state index contributed by atoms with van der Waals surface area (Å²) in [5.41, 5.74) is 6.69. The molecule has 0 bridgehead atoms. The van der Waals surface area contributed by atoms with Gasteiger partial charge in [0, 0.05) is 33.7 Å². The fourth-order valence-corrected chi connectivity index (χ4v) is 3.11. The average molecular weight is 366 g/mol. The second-order valence-electron chi connectivity index (χ2n) is 6.01. The van der Waals surface area contributed by atoms with Gasteiger partial charge in [-0.15, -0.1) is 6.58 Å². The molecule has 0 saturated carbocycles. The summed E-state index contributed by atoms with van der Waals surface area (Å²) in [5.74, 6) is -0.170. The van der Waals surface area contributed by atoms with Gasteiger partial charge in [0.05, 0.1) is 12.6 Å². The summed E-state index contributed by atoms with van der Waals surface area (Å²) < 4.78 is 2.18. The highest BCUT2D eigenvalue weighted by Crippen LogP contribution is 2.24. The van der Waals surface area contributed by atoms with Crippen molar-refractivity contribution < 1.29 is 4.79 Å². The molecular formula is C21H20ClN3O. The number of benzene rings is 2. The largest absolute Gasteiger partial charge is 0.340 e. The molecule has 0 fully saturated rings. The monoisotopic (exact) mass is 365 g/mol. The molecule has 3 aromatic rings. The summed E-state index contributed by atoms with van der Waals surface area (Å²) in [7, 11) is 0. The van der Waals surface area contributed by atoms with E-state index in [0.29, 0.717) is 5.02 Å². The molecule has 26 heavy (non-hydrogen) atoms. The van der Waals surface area contributed by atoms with Crippen LogP contribution in [0.3, 0.4) is 0 Å². The molecular weight excluding hydrogens is 346 g/mol. The maximum absolute atomic E-state index is 12.1.